The maximum atomic E-state index is 11.8. The number of carbonyl (C=O) groups is 1. The van der Waals surface area contributed by atoms with E-state index in [-0.39, 0.29) is 12.0 Å². The predicted molar refractivity (Wildman–Crippen MR) is 81.0 cm³/mol. The van der Waals surface area contributed by atoms with Crippen molar-refractivity contribution in [2.75, 3.05) is 18.9 Å². The number of hydrogen-bond acceptors (Lipinski definition) is 3. The Labute approximate surface area is 122 Å². The largest absolute Gasteiger partial charge is 0.376 e. The summed E-state index contributed by atoms with van der Waals surface area (Å²) in [6.07, 6.45) is 4.32. The number of fused-ring (bicyclic) bond motifs is 1. The number of nitrogens with one attached hydrogen (secondary N) is 2. The van der Waals surface area contributed by atoms with Crippen molar-refractivity contribution in [3.63, 3.8) is 0 Å². The second kappa shape index (κ2) is 6.33. The Morgan fingerprint density at radius 3 is 3.20 bits per heavy atom. The molecule has 1 aliphatic rings. The zero-order valence-electron chi connectivity index (χ0n) is 11.2. The standard InChI is InChI=1S/C15H18N2O2S/c18-15(17-8-11-4-3-7-19-11)10-20-14-9-16-13-6-2-1-5-12(13)14/h1-2,5-6,9,11,16H,3-4,7-8,10H2,(H,17,18)/t11-/m1/s1. The first-order chi connectivity index (χ1) is 9.83. The lowest BCUT2D eigenvalue weighted by atomic mass is 10.2. The van der Waals surface area contributed by atoms with Crippen LogP contribution in [0.1, 0.15) is 12.8 Å². The van der Waals surface area contributed by atoms with E-state index in [1.54, 1.807) is 11.8 Å². The summed E-state index contributed by atoms with van der Waals surface area (Å²) in [7, 11) is 0. The second-order valence-corrected chi connectivity index (χ2v) is 5.94. The number of para-hydroxylation sites is 1. The second-order valence-electron chi connectivity index (χ2n) is 4.93. The molecule has 0 bridgehead atoms. The van der Waals surface area contributed by atoms with Gasteiger partial charge in [0.25, 0.3) is 0 Å². The van der Waals surface area contributed by atoms with E-state index >= 15 is 0 Å². The first kappa shape index (κ1) is 13.5. The van der Waals surface area contributed by atoms with Gasteiger partial charge in [-0.1, -0.05) is 18.2 Å². The fourth-order valence-electron chi connectivity index (χ4n) is 2.39. The Hall–Kier alpha value is -1.46. The van der Waals surface area contributed by atoms with Crippen molar-refractivity contribution >= 4 is 28.6 Å². The Kier molecular flexibility index (Phi) is 4.28. The lowest BCUT2D eigenvalue weighted by Crippen LogP contribution is -2.32. The first-order valence-corrected chi connectivity index (χ1v) is 7.89. The van der Waals surface area contributed by atoms with Crippen molar-refractivity contribution in [2.24, 2.45) is 0 Å². The summed E-state index contributed by atoms with van der Waals surface area (Å²) in [5.74, 6) is 0.505. The molecule has 1 aliphatic heterocycles. The molecule has 1 amide bonds. The minimum atomic E-state index is 0.0655. The van der Waals surface area contributed by atoms with Gasteiger partial charge in [-0.15, -0.1) is 11.8 Å². The highest BCUT2D eigenvalue weighted by atomic mass is 32.2. The van der Waals surface area contributed by atoms with Crippen LogP contribution in [0, 0.1) is 0 Å². The van der Waals surface area contributed by atoms with E-state index in [1.165, 1.54) is 5.39 Å². The van der Waals surface area contributed by atoms with Crippen LogP contribution in [0.4, 0.5) is 0 Å². The third kappa shape index (κ3) is 3.16. The highest BCUT2D eigenvalue weighted by Gasteiger charge is 2.16. The molecule has 2 aromatic rings. The van der Waals surface area contributed by atoms with Gasteiger partial charge >= 0.3 is 0 Å². The van der Waals surface area contributed by atoms with Gasteiger partial charge in [-0.05, 0) is 18.9 Å². The molecule has 0 radical (unpaired) electrons. The highest BCUT2D eigenvalue weighted by Crippen LogP contribution is 2.27. The van der Waals surface area contributed by atoms with Crippen molar-refractivity contribution in [3.8, 4) is 0 Å². The van der Waals surface area contributed by atoms with E-state index in [2.05, 4.69) is 16.4 Å². The molecule has 4 nitrogen and oxygen atoms in total. The first-order valence-electron chi connectivity index (χ1n) is 6.90. The topological polar surface area (TPSA) is 54.1 Å². The third-order valence-corrected chi connectivity index (χ3v) is 4.52. The zero-order chi connectivity index (χ0) is 13.8. The molecule has 0 unspecified atom stereocenters. The zero-order valence-corrected chi connectivity index (χ0v) is 12.0. The van der Waals surface area contributed by atoms with Gasteiger partial charge < -0.3 is 15.0 Å². The Bertz CT molecular complexity index is 590. The monoisotopic (exact) mass is 290 g/mol. The summed E-state index contributed by atoms with van der Waals surface area (Å²) in [6, 6.07) is 8.12. The molecule has 1 aromatic heterocycles. The summed E-state index contributed by atoms with van der Waals surface area (Å²) in [4.78, 5) is 16.2. The van der Waals surface area contributed by atoms with Gasteiger partial charge in [-0.3, -0.25) is 4.79 Å². The van der Waals surface area contributed by atoms with Gasteiger partial charge in [-0.2, -0.15) is 0 Å². The number of ether oxygens (including phenoxy) is 1. The quantitative estimate of drug-likeness (QED) is 0.832. The van der Waals surface area contributed by atoms with Crippen molar-refractivity contribution in [3.05, 3.63) is 30.5 Å². The maximum absolute atomic E-state index is 11.8. The molecule has 5 heteroatoms. The molecular formula is C15H18N2O2S. The molecule has 0 aliphatic carbocycles. The molecule has 1 atom stereocenters. The SMILES string of the molecule is O=C(CSc1c[nH]c2ccccc12)NC[C@H]1CCCO1. The fraction of sp³-hybridized carbons (Fsp3) is 0.400. The summed E-state index contributed by atoms with van der Waals surface area (Å²) >= 11 is 1.56. The van der Waals surface area contributed by atoms with Crippen LogP contribution < -0.4 is 5.32 Å². The molecule has 2 N–H and O–H groups in total. The lowest BCUT2D eigenvalue weighted by molar-refractivity contribution is -0.119. The lowest BCUT2D eigenvalue weighted by Gasteiger charge is -2.10. The van der Waals surface area contributed by atoms with E-state index in [0.29, 0.717) is 12.3 Å². The Morgan fingerprint density at radius 2 is 2.35 bits per heavy atom. The smallest absolute Gasteiger partial charge is 0.230 e. The van der Waals surface area contributed by atoms with Gasteiger partial charge in [0.15, 0.2) is 0 Å². The van der Waals surface area contributed by atoms with Crippen LogP contribution >= 0.6 is 11.8 Å². The minimum Gasteiger partial charge on any atom is -0.376 e. The summed E-state index contributed by atoms with van der Waals surface area (Å²) < 4.78 is 5.48. The molecule has 0 spiro atoms. The van der Waals surface area contributed by atoms with Gasteiger partial charge in [0, 0.05) is 35.1 Å². The van der Waals surface area contributed by atoms with Crippen molar-refractivity contribution in [2.45, 2.75) is 23.8 Å². The summed E-state index contributed by atoms with van der Waals surface area (Å²) in [5, 5.41) is 4.11. The van der Waals surface area contributed by atoms with Crippen LogP contribution in [0.25, 0.3) is 10.9 Å². The normalized spacial score (nSPS) is 18.5. The Balaban J connectivity index is 1.49. The molecule has 1 aromatic carbocycles. The molecule has 20 heavy (non-hydrogen) atoms. The molecule has 2 heterocycles. The number of aromatic nitrogens is 1. The van der Waals surface area contributed by atoms with Crippen LogP contribution in [0.2, 0.25) is 0 Å². The van der Waals surface area contributed by atoms with Gasteiger partial charge in [0.1, 0.15) is 0 Å². The minimum absolute atomic E-state index is 0.0655. The molecule has 0 saturated carbocycles. The van der Waals surface area contributed by atoms with Gasteiger partial charge in [0.2, 0.25) is 5.91 Å². The van der Waals surface area contributed by atoms with E-state index < -0.39 is 0 Å². The van der Waals surface area contributed by atoms with E-state index in [0.717, 1.165) is 29.9 Å². The average molecular weight is 290 g/mol. The number of amides is 1. The number of H-pyrrole nitrogens is 1. The van der Waals surface area contributed by atoms with Crippen LogP contribution in [-0.4, -0.2) is 35.9 Å². The van der Waals surface area contributed by atoms with Crippen LogP contribution in [0.5, 0.6) is 0 Å². The van der Waals surface area contributed by atoms with Crippen LogP contribution in [0.3, 0.4) is 0 Å². The molecule has 1 saturated heterocycles. The van der Waals surface area contributed by atoms with Gasteiger partial charge in [0.05, 0.1) is 11.9 Å². The Morgan fingerprint density at radius 1 is 1.45 bits per heavy atom. The fourth-order valence-corrected chi connectivity index (χ4v) is 3.26. The van der Waals surface area contributed by atoms with E-state index in [1.807, 2.05) is 24.4 Å². The average Bonchev–Trinajstić information content (AvgIpc) is 3.12. The van der Waals surface area contributed by atoms with E-state index in [4.69, 9.17) is 4.74 Å². The van der Waals surface area contributed by atoms with Crippen LogP contribution in [0.15, 0.2) is 35.4 Å². The van der Waals surface area contributed by atoms with Crippen molar-refractivity contribution in [1.82, 2.24) is 10.3 Å². The van der Waals surface area contributed by atoms with Crippen molar-refractivity contribution < 1.29 is 9.53 Å². The summed E-state index contributed by atoms with van der Waals surface area (Å²) in [5.41, 5.74) is 1.11. The number of hydrogen-bond donors (Lipinski definition) is 2. The molecule has 3 rings (SSSR count). The molecule has 106 valence electrons. The molecule has 1 fully saturated rings. The highest BCUT2D eigenvalue weighted by molar-refractivity contribution is 8.00. The third-order valence-electron chi connectivity index (χ3n) is 3.46. The predicted octanol–water partition coefficient (Wildman–Crippen LogP) is 2.56. The number of carbonyl (C=O) groups excluding carboxylic acids is 1. The summed E-state index contributed by atoms with van der Waals surface area (Å²) in [6.45, 7) is 1.46. The van der Waals surface area contributed by atoms with E-state index in [9.17, 15) is 4.79 Å². The number of rotatable bonds is 5. The number of thioether (sulfide) groups is 1. The van der Waals surface area contributed by atoms with Crippen LogP contribution in [-0.2, 0) is 9.53 Å². The molecular weight excluding hydrogens is 272 g/mol. The van der Waals surface area contributed by atoms with Crippen molar-refractivity contribution in [1.29, 1.82) is 0 Å². The maximum Gasteiger partial charge on any atom is 0.230 e. The number of benzene rings is 1. The van der Waals surface area contributed by atoms with Gasteiger partial charge in [-0.25, -0.2) is 0 Å². The number of aromatic amines is 1.